The van der Waals surface area contributed by atoms with Crippen molar-refractivity contribution in [2.45, 2.75) is 72.0 Å². The average Bonchev–Trinajstić information content (AvgIpc) is 2.55. The smallest absolute Gasteiger partial charge is 0.243 e. The topological polar surface area (TPSA) is 104 Å². The van der Waals surface area contributed by atoms with E-state index in [9.17, 15) is 19.2 Å². The number of thioether (sulfide) groups is 1. The number of hydrogen-bond donors (Lipinski definition) is 3. The molecule has 0 bridgehead atoms. The van der Waals surface area contributed by atoms with Crippen LogP contribution in [0.5, 0.6) is 0 Å². The summed E-state index contributed by atoms with van der Waals surface area (Å²) in [5.74, 6) is 0.0814. The van der Waals surface area contributed by atoms with Crippen LogP contribution in [-0.2, 0) is 19.2 Å². The van der Waals surface area contributed by atoms with E-state index >= 15 is 0 Å². The molecule has 156 valence electrons. The molecular weight excluding hydrogens is 366 g/mol. The first kappa shape index (κ1) is 25.4. The lowest BCUT2D eigenvalue weighted by molar-refractivity contribution is -0.133. The minimum atomic E-state index is -0.752. The van der Waals surface area contributed by atoms with Gasteiger partial charge in [-0.15, -0.1) is 0 Å². The molecule has 0 aromatic rings. The first-order chi connectivity index (χ1) is 12.6. The van der Waals surface area contributed by atoms with Crippen LogP contribution in [0.2, 0.25) is 0 Å². The number of carbonyl (C=O) groups excluding carboxylic acids is 4. The molecule has 3 amide bonds. The van der Waals surface area contributed by atoms with Crippen molar-refractivity contribution in [2.75, 3.05) is 12.0 Å². The summed E-state index contributed by atoms with van der Waals surface area (Å²) in [6.45, 7) is 9.19. The third-order valence-corrected chi connectivity index (χ3v) is 4.51. The highest BCUT2D eigenvalue weighted by Gasteiger charge is 2.28. The van der Waals surface area contributed by atoms with E-state index in [0.29, 0.717) is 19.3 Å². The molecule has 0 spiro atoms. The monoisotopic (exact) mass is 401 g/mol. The number of carbonyl (C=O) groups is 4. The second-order valence-corrected chi connectivity index (χ2v) is 8.59. The molecule has 3 N–H and O–H groups in total. The van der Waals surface area contributed by atoms with Gasteiger partial charge in [0.05, 0.1) is 6.04 Å². The molecule has 0 fully saturated rings. The van der Waals surface area contributed by atoms with Crippen LogP contribution < -0.4 is 16.0 Å². The molecule has 27 heavy (non-hydrogen) atoms. The average molecular weight is 402 g/mol. The number of aldehydes is 1. The summed E-state index contributed by atoms with van der Waals surface area (Å²) in [5.41, 5.74) is 0. The maximum atomic E-state index is 12.7. The Morgan fingerprint density at radius 3 is 1.78 bits per heavy atom. The number of hydrogen-bond acceptors (Lipinski definition) is 5. The maximum absolute atomic E-state index is 12.7. The molecule has 0 radical (unpaired) electrons. The van der Waals surface area contributed by atoms with E-state index in [1.54, 1.807) is 11.8 Å². The van der Waals surface area contributed by atoms with Gasteiger partial charge < -0.3 is 20.7 Å². The van der Waals surface area contributed by atoms with Gasteiger partial charge in [-0.3, -0.25) is 14.4 Å². The van der Waals surface area contributed by atoms with Gasteiger partial charge in [-0.05, 0) is 43.1 Å². The normalized spacial score (nSPS) is 14.4. The second-order valence-electron chi connectivity index (χ2n) is 7.61. The third kappa shape index (κ3) is 11.7. The molecule has 0 aliphatic rings. The first-order valence-corrected chi connectivity index (χ1v) is 10.8. The highest BCUT2D eigenvalue weighted by molar-refractivity contribution is 7.98. The Morgan fingerprint density at radius 1 is 0.889 bits per heavy atom. The van der Waals surface area contributed by atoms with Crippen LogP contribution in [0.15, 0.2) is 0 Å². The van der Waals surface area contributed by atoms with E-state index in [1.165, 1.54) is 6.92 Å². The summed E-state index contributed by atoms with van der Waals surface area (Å²) in [4.78, 5) is 47.9. The Kier molecular flexibility index (Phi) is 12.8. The Hall–Kier alpha value is -1.57. The summed E-state index contributed by atoms with van der Waals surface area (Å²) < 4.78 is 0. The van der Waals surface area contributed by atoms with Crippen LogP contribution in [0.3, 0.4) is 0 Å². The van der Waals surface area contributed by atoms with Crippen LogP contribution in [0, 0.1) is 11.8 Å². The molecule has 0 aliphatic carbocycles. The largest absolute Gasteiger partial charge is 0.345 e. The fourth-order valence-electron chi connectivity index (χ4n) is 2.63. The zero-order valence-corrected chi connectivity index (χ0v) is 18.2. The molecule has 0 saturated carbocycles. The standard InChI is InChI=1S/C19H35N3O4S/c1-12(2)9-16(20-14(5)24)19(26)22-17(10-13(3)4)18(25)21-15(11-23)7-8-27-6/h11-13,15-17H,7-10H2,1-6H3,(H,20,24)(H,21,25)(H,22,26)/t15?,16-,17-/m0/s1. The van der Waals surface area contributed by atoms with Crippen molar-refractivity contribution in [3.8, 4) is 0 Å². The summed E-state index contributed by atoms with van der Waals surface area (Å²) in [5, 5.41) is 8.11. The van der Waals surface area contributed by atoms with Gasteiger partial charge in [-0.25, -0.2) is 0 Å². The van der Waals surface area contributed by atoms with Gasteiger partial charge in [0.2, 0.25) is 17.7 Å². The second kappa shape index (κ2) is 13.6. The van der Waals surface area contributed by atoms with Gasteiger partial charge in [0, 0.05) is 6.92 Å². The first-order valence-electron chi connectivity index (χ1n) is 9.42. The van der Waals surface area contributed by atoms with Crippen LogP contribution >= 0.6 is 11.8 Å². The number of amides is 3. The van der Waals surface area contributed by atoms with Gasteiger partial charge in [0.15, 0.2) is 0 Å². The molecule has 1 unspecified atom stereocenters. The van der Waals surface area contributed by atoms with Crippen molar-refractivity contribution in [1.29, 1.82) is 0 Å². The third-order valence-electron chi connectivity index (χ3n) is 3.87. The predicted octanol–water partition coefficient (Wildman–Crippen LogP) is 1.50. The lowest BCUT2D eigenvalue weighted by atomic mass is 10.00. The lowest BCUT2D eigenvalue weighted by Crippen LogP contribution is -2.55. The van der Waals surface area contributed by atoms with Crippen molar-refractivity contribution in [2.24, 2.45) is 11.8 Å². The predicted molar refractivity (Wildman–Crippen MR) is 109 cm³/mol. The number of rotatable bonds is 13. The SMILES string of the molecule is CSCCC(C=O)NC(=O)[C@H](CC(C)C)NC(=O)[C@H](CC(C)C)NC(C)=O. The van der Waals surface area contributed by atoms with Gasteiger partial charge in [-0.1, -0.05) is 27.7 Å². The zero-order chi connectivity index (χ0) is 21.0. The molecule has 0 saturated heterocycles. The highest BCUT2D eigenvalue weighted by Crippen LogP contribution is 2.09. The fraction of sp³-hybridized carbons (Fsp3) is 0.789. The molecule has 0 aromatic carbocycles. The highest BCUT2D eigenvalue weighted by atomic mass is 32.2. The van der Waals surface area contributed by atoms with Crippen molar-refractivity contribution in [1.82, 2.24) is 16.0 Å². The number of nitrogens with one attached hydrogen (secondary N) is 3. The molecule has 8 heteroatoms. The van der Waals surface area contributed by atoms with Crippen LogP contribution in [0.4, 0.5) is 0 Å². The summed E-state index contributed by atoms with van der Waals surface area (Å²) in [7, 11) is 0. The molecule has 0 heterocycles. The van der Waals surface area contributed by atoms with E-state index in [0.717, 1.165) is 12.0 Å². The Morgan fingerprint density at radius 2 is 1.37 bits per heavy atom. The van der Waals surface area contributed by atoms with Crippen molar-refractivity contribution in [3.05, 3.63) is 0 Å². The van der Waals surface area contributed by atoms with Crippen LogP contribution in [-0.4, -0.2) is 54.1 Å². The minimum absolute atomic E-state index is 0.172. The van der Waals surface area contributed by atoms with Gasteiger partial charge >= 0.3 is 0 Å². The van der Waals surface area contributed by atoms with Crippen molar-refractivity contribution >= 4 is 35.8 Å². The van der Waals surface area contributed by atoms with E-state index in [4.69, 9.17) is 0 Å². The van der Waals surface area contributed by atoms with Gasteiger partial charge in [0.25, 0.3) is 0 Å². The minimum Gasteiger partial charge on any atom is -0.345 e. The lowest BCUT2D eigenvalue weighted by Gasteiger charge is -2.25. The molecule has 3 atom stereocenters. The van der Waals surface area contributed by atoms with Crippen LogP contribution in [0.25, 0.3) is 0 Å². The summed E-state index contributed by atoms with van der Waals surface area (Å²) in [6, 6.07) is -2.01. The Balaban J connectivity index is 5.14. The van der Waals surface area contributed by atoms with Crippen LogP contribution in [0.1, 0.15) is 53.9 Å². The van der Waals surface area contributed by atoms with E-state index in [2.05, 4.69) is 16.0 Å². The zero-order valence-electron chi connectivity index (χ0n) is 17.3. The summed E-state index contributed by atoms with van der Waals surface area (Å²) in [6.07, 6.45) is 4.12. The van der Waals surface area contributed by atoms with E-state index in [1.807, 2.05) is 34.0 Å². The van der Waals surface area contributed by atoms with E-state index < -0.39 is 18.1 Å². The molecule has 0 aliphatic heterocycles. The summed E-state index contributed by atoms with van der Waals surface area (Å²) >= 11 is 1.60. The molecule has 7 nitrogen and oxygen atoms in total. The van der Waals surface area contributed by atoms with E-state index in [-0.39, 0.29) is 29.6 Å². The van der Waals surface area contributed by atoms with Crippen molar-refractivity contribution < 1.29 is 19.2 Å². The van der Waals surface area contributed by atoms with Gasteiger partial charge in [-0.2, -0.15) is 11.8 Å². The fourth-order valence-corrected chi connectivity index (χ4v) is 3.12. The Labute approximate surface area is 167 Å². The molecule has 0 aromatic heterocycles. The quantitative estimate of drug-likeness (QED) is 0.406. The van der Waals surface area contributed by atoms with Crippen molar-refractivity contribution in [3.63, 3.8) is 0 Å². The maximum Gasteiger partial charge on any atom is 0.243 e. The molecule has 0 rings (SSSR count). The Bertz CT molecular complexity index is 497. The van der Waals surface area contributed by atoms with Gasteiger partial charge in [0.1, 0.15) is 18.4 Å². The molecular formula is C19H35N3O4S.